The number of aryl methyl sites for hydroxylation is 2. The molecule has 0 amide bonds. The zero-order valence-corrected chi connectivity index (χ0v) is 13.6. The molecule has 0 fully saturated rings. The van der Waals surface area contributed by atoms with Crippen LogP contribution in [0, 0.1) is 13.8 Å². The lowest BCUT2D eigenvalue weighted by Gasteiger charge is -2.09. The van der Waals surface area contributed by atoms with E-state index in [1.165, 1.54) is 24.4 Å². The number of sulfonamides is 2. The Morgan fingerprint density at radius 2 is 1.86 bits per heavy atom. The van der Waals surface area contributed by atoms with Gasteiger partial charge in [0.25, 0.3) is 10.0 Å². The van der Waals surface area contributed by atoms with Crippen molar-refractivity contribution in [3.63, 3.8) is 0 Å². The van der Waals surface area contributed by atoms with Gasteiger partial charge in [-0.05, 0) is 31.5 Å². The van der Waals surface area contributed by atoms with E-state index in [-0.39, 0.29) is 14.8 Å². The second-order valence-corrected chi connectivity index (χ2v) is 9.00. The summed E-state index contributed by atoms with van der Waals surface area (Å²) in [5.74, 6) is 0. The molecule has 0 aliphatic heterocycles. The largest absolute Gasteiger partial charge is 0.279 e. The molecule has 0 unspecified atom stereocenters. The first-order chi connectivity index (χ1) is 9.59. The summed E-state index contributed by atoms with van der Waals surface area (Å²) < 4.78 is 49.5. The highest BCUT2D eigenvalue weighted by Gasteiger charge is 2.19. The smallest absolute Gasteiger partial charge is 0.273 e. The van der Waals surface area contributed by atoms with Gasteiger partial charge < -0.3 is 0 Å². The molecule has 3 N–H and O–H groups in total. The second-order valence-electron chi connectivity index (χ2n) is 4.33. The Balaban J connectivity index is 2.41. The van der Waals surface area contributed by atoms with E-state index in [0.717, 1.165) is 11.3 Å². The predicted molar refractivity (Wildman–Crippen MR) is 80.2 cm³/mol. The third kappa shape index (κ3) is 3.59. The molecule has 0 aliphatic carbocycles. The Morgan fingerprint density at radius 1 is 1.19 bits per heavy atom. The molecule has 114 valence electrons. The summed E-state index contributed by atoms with van der Waals surface area (Å²) in [5.41, 5.74) is 0.560. The Bertz CT molecular complexity index is 885. The highest BCUT2D eigenvalue weighted by Crippen LogP contribution is 2.24. The number of benzene rings is 1. The monoisotopic (exact) mass is 347 g/mol. The maximum absolute atomic E-state index is 12.1. The number of nitrogens with one attached hydrogen (secondary N) is 1. The van der Waals surface area contributed by atoms with Gasteiger partial charge >= 0.3 is 0 Å². The second kappa shape index (κ2) is 5.37. The van der Waals surface area contributed by atoms with Crippen molar-refractivity contribution in [1.82, 2.24) is 4.98 Å². The van der Waals surface area contributed by atoms with Crippen LogP contribution >= 0.6 is 11.3 Å². The summed E-state index contributed by atoms with van der Waals surface area (Å²) in [6.07, 6.45) is 1.25. The molecule has 0 aliphatic rings. The molecule has 2 aromatic rings. The van der Waals surface area contributed by atoms with E-state index >= 15 is 0 Å². The van der Waals surface area contributed by atoms with Gasteiger partial charge in [0.05, 0.1) is 21.8 Å². The molecule has 7 nitrogen and oxygen atoms in total. The van der Waals surface area contributed by atoms with E-state index in [4.69, 9.17) is 5.14 Å². The Morgan fingerprint density at radius 3 is 2.38 bits per heavy atom. The standard InChI is InChI=1S/C11H13N3O4S3/c1-7-3-4-9(5-10(7)20(12,15)16)14-21(17,18)11-6-13-8(2)19-11/h3-6,14H,1-2H3,(H2,12,15,16). The van der Waals surface area contributed by atoms with E-state index in [1.54, 1.807) is 13.8 Å². The number of rotatable bonds is 4. The summed E-state index contributed by atoms with van der Waals surface area (Å²) in [7, 11) is -7.71. The molecule has 0 radical (unpaired) electrons. The molecular formula is C11H13N3O4S3. The topological polar surface area (TPSA) is 119 Å². The highest BCUT2D eigenvalue weighted by atomic mass is 32.2. The number of aromatic nitrogens is 1. The number of thiazole rings is 1. The fourth-order valence-electron chi connectivity index (χ4n) is 1.64. The SMILES string of the molecule is Cc1ncc(S(=O)(=O)Nc2ccc(C)c(S(N)(=O)=O)c2)s1. The summed E-state index contributed by atoms with van der Waals surface area (Å²) in [6.45, 7) is 3.26. The van der Waals surface area contributed by atoms with Crippen LogP contribution in [0.25, 0.3) is 0 Å². The van der Waals surface area contributed by atoms with Gasteiger partial charge in [0.2, 0.25) is 10.0 Å². The van der Waals surface area contributed by atoms with E-state index in [9.17, 15) is 16.8 Å². The molecule has 0 atom stereocenters. The van der Waals surface area contributed by atoms with Gasteiger partial charge in [-0.25, -0.2) is 27.0 Å². The highest BCUT2D eigenvalue weighted by molar-refractivity contribution is 7.94. The normalized spacial score (nSPS) is 12.3. The maximum atomic E-state index is 12.1. The Hall–Kier alpha value is -1.49. The van der Waals surface area contributed by atoms with Crippen molar-refractivity contribution in [2.45, 2.75) is 23.0 Å². The Labute approximate surface area is 126 Å². The lowest BCUT2D eigenvalue weighted by molar-refractivity contribution is 0.596. The molecule has 10 heteroatoms. The molecule has 1 heterocycles. The van der Waals surface area contributed by atoms with E-state index < -0.39 is 20.0 Å². The van der Waals surface area contributed by atoms with Gasteiger partial charge in [-0.1, -0.05) is 6.07 Å². The Kier molecular flexibility index (Phi) is 4.06. The first-order valence-electron chi connectivity index (χ1n) is 5.68. The van der Waals surface area contributed by atoms with Crippen LogP contribution in [-0.2, 0) is 20.0 Å². The fourth-order valence-corrected chi connectivity index (χ4v) is 4.61. The third-order valence-electron chi connectivity index (χ3n) is 2.61. The average molecular weight is 347 g/mol. The summed E-state index contributed by atoms with van der Waals surface area (Å²) in [5, 5.41) is 5.71. The molecule has 0 spiro atoms. The molecule has 0 saturated heterocycles. The molecule has 0 saturated carbocycles. The zero-order chi connectivity index (χ0) is 15.8. The van der Waals surface area contributed by atoms with E-state index in [1.807, 2.05) is 0 Å². The molecule has 0 bridgehead atoms. The first-order valence-corrected chi connectivity index (χ1v) is 9.53. The zero-order valence-electron chi connectivity index (χ0n) is 11.2. The van der Waals surface area contributed by atoms with Gasteiger partial charge in [0, 0.05) is 0 Å². The number of nitrogens with zero attached hydrogens (tertiary/aromatic N) is 1. The van der Waals surface area contributed by atoms with Crippen LogP contribution in [0.15, 0.2) is 33.5 Å². The molecule has 2 rings (SSSR count). The summed E-state index contributed by atoms with van der Waals surface area (Å²) in [4.78, 5) is 3.76. The van der Waals surface area contributed by atoms with Crippen LogP contribution in [0.4, 0.5) is 5.69 Å². The number of hydrogen-bond acceptors (Lipinski definition) is 6. The van der Waals surface area contributed by atoms with Gasteiger partial charge in [-0.2, -0.15) is 0 Å². The third-order valence-corrected chi connectivity index (χ3v) is 6.42. The lowest BCUT2D eigenvalue weighted by Crippen LogP contribution is -2.16. The van der Waals surface area contributed by atoms with Crippen molar-refractivity contribution in [2.24, 2.45) is 5.14 Å². The van der Waals surface area contributed by atoms with Crippen LogP contribution in [0.1, 0.15) is 10.6 Å². The number of hydrogen-bond donors (Lipinski definition) is 2. The van der Waals surface area contributed by atoms with Crippen molar-refractivity contribution >= 4 is 37.1 Å². The first kappa shape index (κ1) is 15.9. The van der Waals surface area contributed by atoms with Crippen molar-refractivity contribution < 1.29 is 16.8 Å². The fraction of sp³-hybridized carbons (Fsp3) is 0.182. The van der Waals surface area contributed by atoms with Gasteiger partial charge in [0.1, 0.15) is 0 Å². The minimum atomic E-state index is -3.92. The molecular weight excluding hydrogens is 334 g/mol. The van der Waals surface area contributed by atoms with Crippen molar-refractivity contribution in [2.75, 3.05) is 4.72 Å². The molecule has 21 heavy (non-hydrogen) atoms. The van der Waals surface area contributed by atoms with Crippen LogP contribution in [-0.4, -0.2) is 21.8 Å². The van der Waals surface area contributed by atoms with E-state index in [0.29, 0.717) is 10.6 Å². The van der Waals surface area contributed by atoms with Crippen LogP contribution in [0.2, 0.25) is 0 Å². The average Bonchev–Trinajstić information content (AvgIpc) is 2.77. The van der Waals surface area contributed by atoms with Gasteiger partial charge in [-0.3, -0.25) is 4.72 Å². The van der Waals surface area contributed by atoms with Crippen molar-refractivity contribution in [3.05, 3.63) is 35.0 Å². The van der Waals surface area contributed by atoms with E-state index in [2.05, 4.69) is 9.71 Å². The van der Waals surface area contributed by atoms with Crippen LogP contribution < -0.4 is 9.86 Å². The molecule has 1 aromatic heterocycles. The number of anilines is 1. The lowest BCUT2D eigenvalue weighted by atomic mass is 10.2. The summed E-state index contributed by atoms with van der Waals surface area (Å²) >= 11 is 1.02. The predicted octanol–water partition coefficient (Wildman–Crippen LogP) is 1.21. The van der Waals surface area contributed by atoms with Crippen molar-refractivity contribution in [3.8, 4) is 0 Å². The van der Waals surface area contributed by atoms with Crippen LogP contribution in [0.5, 0.6) is 0 Å². The number of nitrogens with two attached hydrogens (primary N) is 1. The summed E-state index contributed by atoms with van der Waals surface area (Å²) in [6, 6.07) is 4.14. The minimum absolute atomic E-state index is 0.0535. The van der Waals surface area contributed by atoms with Gasteiger partial charge in [-0.15, -0.1) is 11.3 Å². The van der Waals surface area contributed by atoms with Crippen LogP contribution in [0.3, 0.4) is 0 Å². The van der Waals surface area contributed by atoms with Crippen molar-refractivity contribution in [1.29, 1.82) is 0 Å². The number of primary sulfonamides is 1. The quantitative estimate of drug-likeness (QED) is 0.861. The van der Waals surface area contributed by atoms with Gasteiger partial charge in [0.15, 0.2) is 4.21 Å². The maximum Gasteiger partial charge on any atom is 0.273 e. The molecule has 1 aromatic carbocycles. The minimum Gasteiger partial charge on any atom is -0.279 e.